The highest BCUT2D eigenvalue weighted by Crippen LogP contribution is 2.27. The highest BCUT2D eigenvalue weighted by atomic mass is 16.3. The number of benzene rings is 2. The molecule has 0 atom stereocenters. The predicted octanol–water partition coefficient (Wildman–Crippen LogP) is 4.06. The Balaban J connectivity index is 0.000000155. The van der Waals surface area contributed by atoms with Gasteiger partial charge in [-0.05, 0) is 18.2 Å². The maximum Gasteiger partial charge on any atom is 0.135 e. The second kappa shape index (κ2) is 5.31. The van der Waals surface area contributed by atoms with Crippen molar-refractivity contribution in [3.8, 4) is 0 Å². The second-order valence-corrected chi connectivity index (χ2v) is 4.00. The Morgan fingerprint density at radius 1 is 0.632 bits per heavy atom. The minimum Gasteiger partial charge on any atom is -0.456 e. The molecular formula is C16H12N2O. The molecule has 19 heavy (non-hydrogen) atoms. The van der Waals surface area contributed by atoms with E-state index in [9.17, 15) is 0 Å². The van der Waals surface area contributed by atoms with Crippen molar-refractivity contribution in [2.45, 2.75) is 0 Å². The Bertz CT molecular complexity index is 701. The van der Waals surface area contributed by atoms with Crippen LogP contribution in [0.3, 0.4) is 0 Å². The van der Waals surface area contributed by atoms with Crippen LogP contribution in [0.15, 0.2) is 77.7 Å². The van der Waals surface area contributed by atoms with E-state index >= 15 is 0 Å². The van der Waals surface area contributed by atoms with Crippen molar-refractivity contribution in [1.29, 1.82) is 0 Å². The summed E-state index contributed by atoms with van der Waals surface area (Å²) in [5.41, 5.74) is 1.92. The van der Waals surface area contributed by atoms with Gasteiger partial charge >= 0.3 is 0 Å². The first kappa shape index (κ1) is 11.4. The number of fused-ring (bicyclic) bond motifs is 3. The van der Waals surface area contributed by atoms with E-state index in [1.54, 1.807) is 18.5 Å². The van der Waals surface area contributed by atoms with Crippen LogP contribution in [0.25, 0.3) is 21.9 Å². The van der Waals surface area contributed by atoms with Gasteiger partial charge in [0.2, 0.25) is 0 Å². The van der Waals surface area contributed by atoms with Crippen LogP contribution < -0.4 is 0 Å². The summed E-state index contributed by atoms with van der Waals surface area (Å²) in [6, 6.07) is 18.0. The van der Waals surface area contributed by atoms with Crippen LogP contribution in [0.4, 0.5) is 0 Å². The molecule has 3 heteroatoms. The third kappa shape index (κ3) is 2.45. The third-order valence-corrected chi connectivity index (χ3v) is 2.76. The van der Waals surface area contributed by atoms with Crippen molar-refractivity contribution < 1.29 is 4.42 Å². The van der Waals surface area contributed by atoms with Gasteiger partial charge in [-0.2, -0.15) is 0 Å². The van der Waals surface area contributed by atoms with Crippen molar-refractivity contribution in [1.82, 2.24) is 9.97 Å². The van der Waals surface area contributed by atoms with Gasteiger partial charge in [0.05, 0.1) is 0 Å². The van der Waals surface area contributed by atoms with E-state index in [1.165, 1.54) is 17.1 Å². The average Bonchev–Trinajstić information content (AvgIpc) is 2.88. The molecule has 0 aliphatic rings. The summed E-state index contributed by atoms with van der Waals surface area (Å²) >= 11 is 0. The van der Waals surface area contributed by atoms with Gasteiger partial charge in [-0.15, -0.1) is 0 Å². The van der Waals surface area contributed by atoms with E-state index in [0.717, 1.165) is 11.2 Å². The van der Waals surface area contributed by atoms with Gasteiger partial charge in [0, 0.05) is 23.2 Å². The molecule has 0 unspecified atom stereocenters. The maximum atomic E-state index is 5.65. The molecule has 0 aliphatic heterocycles. The van der Waals surface area contributed by atoms with Crippen molar-refractivity contribution in [3.05, 3.63) is 73.3 Å². The molecule has 0 spiro atoms. The minimum atomic E-state index is 0.962. The van der Waals surface area contributed by atoms with Gasteiger partial charge in [-0.3, -0.25) is 0 Å². The summed E-state index contributed by atoms with van der Waals surface area (Å²) in [4.78, 5) is 7.35. The zero-order chi connectivity index (χ0) is 12.9. The molecule has 92 valence electrons. The lowest BCUT2D eigenvalue weighted by molar-refractivity contribution is 0.669. The molecule has 4 aromatic rings. The van der Waals surface area contributed by atoms with E-state index in [-0.39, 0.29) is 0 Å². The fraction of sp³-hybridized carbons (Fsp3) is 0. The van der Waals surface area contributed by atoms with E-state index in [0.29, 0.717) is 0 Å². The molecule has 0 bridgehead atoms. The topological polar surface area (TPSA) is 38.9 Å². The summed E-state index contributed by atoms with van der Waals surface area (Å²) < 4.78 is 5.65. The Morgan fingerprint density at radius 3 is 1.58 bits per heavy atom. The SMILES string of the molecule is c1ccc2c(c1)oc1ccccc12.c1cncnc1. The third-order valence-electron chi connectivity index (χ3n) is 2.76. The van der Waals surface area contributed by atoms with Crippen LogP contribution in [0.5, 0.6) is 0 Å². The van der Waals surface area contributed by atoms with Crippen molar-refractivity contribution in [3.63, 3.8) is 0 Å². The molecule has 2 aromatic heterocycles. The van der Waals surface area contributed by atoms with Crippen LogP contribution in [-0.4, -0.2) is 9.97 Å². The predicted molar refractivity (Wildman–Crippen MR) is 75.8 cm³/mol. The number of hydrogen-bond donors (Lipinski definition) is 0. The number of hydrogen-bond acceptors (Lipinski definition) is 3. The highest BCUT2D eigenvalue weighted by molar-refractivity contribution is 6.04. The number of furan rings is 1. The molecular weight excluding hydrogens is 236 g/mol. The largest absolute Gasteiger partial charge is 0.456 e. The Morgan fingerprint density at radius 2 is 1.16 bits per heavy atom. The van der Waals surface area contributed by atoms with Crippen molar-refractivity contribution >= 4 is 21.9 Å². The lowest BCUT2D eigenvalue weighted by Crippen LogP contribution is -1.66. The Kier molecular flexibility index (Phi) is 3.19. The zero-order valence-electron chi connectivity index (χ0n) is 10.2. The maximum absolute atomic E-state index is 5.65. The molecule has 0 fully saturated rings. The molecule has 0 radical (unpaired) electrons. The fourth-order valence-corrected chi connectivity index (χ4v) is 1.93. The van der Waals surface area contributed by atoms with E-state index in [4.69, 9.17) is 4.42 Å². The molecule has 3 nitrogen and oxygen atoms in total. The Labute approximate surface area is 110 Å². The number of aromatic nitrogens is 2. The highest BCUT2D eigenvalue weighted by Gasteiger charge is 2.03. The first-order valence-corrected chi connectivity index (χ1v) is 6.01. The summed E-state index contributed by atoms with van der Waals surface area (Å²) in [6.07, 6.45) is 4.88. The first-order chi connectivity index (χ1) is 9.45. The van der Waals surface area contributed by atoms with Crippen molar-refractivity contribution in [2.24, 2.45) is 0 Å². The quantitative estimate of drug-likeness (QED) is 0.471. The monoisotopic (exact) mass is 248 g/mol. The molecule has 0 amide bonds. The molecule has 2 aromatic carbocycles. The lowest BCUT2D eigenvalue weighted by atomic mass is 10.2. The van der Waals surface area contributed by atoms with E-state index < -0.39 is 0 Å². The van der Waals surface area contributed by atoms with Crippen LogP contribution in [0.2, 0.25) is 0 Å². The normalized spacial score (nSPS) is 10.1. The number of rotatable bonds is 0. The molecule has 0 aliphatic carbocycles. The molecule has 4 rings (SSSR count). The lowest BCUT2D eigenvalue weighted by Gasteiger charge is -1.85. The van der Waals surface area contributed by atoms with Crippen molar-refractivity contribution in [2.75, 3.05) is 0 Å². The first-order valence-electron chi connectivity index (χ1n) is 6.01. The van der Waals surface area contributed by atoms with Crippen LogP contribution >= 0.6 is 0 Å². The average molecular weight is 248 g/mol. The Hall–Kier alpha value is -2.68. The van der Waals surface area contributed by atoms with E-state index in [2.05, 4.69) is 22.1 Å². The van der Waals surface area contributed by atoms with Gasteiger partial charge in [-0.25, -0.2) is 9.97 Å². The van der Waals surface area contributed by atoms with Gasteiger partial charge < -0.3 is 4.42 Å². The molecule has 0 saturated heterocycles. The summed E-state index contributed by atoms with van der Waals surface area (Å²) in [7, 11) is 0. The van der Waals surface area contributed by atoms with Crippen LogP contribution in [-0.2, 0) is 0 Å². The second-order valence-electron chi connectivity index (χ2n) is 4.00. The number of para-hydroxylation sites is 2. The van der Waals surface area contributed by atoms with Gasteiger partial charge in [0.15, 0.2) is 0 Å². The molecule has 0 saturated carbocycles. The van der Waals surface area contributed by atoms with Gasteiger partial charge in [0.1, 0.15) is 17.5 Å². The van der Waals surface area contributed by atoms with Gasteiger partial charge in [0.25, 0.3) is 0 Å². The standard InChI is InChI=1S/C12H8O.C4H4N2/c1-3-7-11-9(5-1)10-6-2-4-8-12(10)13-11;1-2-5-4-6-3-1/h1-8H;1-4H. The van der Waals surface area contributed by atoms with E-state index in [1.807, 2.05) is 36.4 Å². The fourth-order valence-electron chi connectivity index (χ4n) is 1.93. The minimum absolute atomic E-state index is 0.962. The molecule has 2 heterocycles. The van der Waals surface area contributed by atoms with Crippen LogP contribution in [0, 0.1) is 0 Å². The summed E-state index contributed by atoms with van der Waals surface area (Å²) in [6.45, 7) is 0. The van der Waals surface area contributed by atoms with Gasteiger partial charge in [-0.1, -0.05) is 36.4 Å². The smallest absolute Gasteiger partial charge is 0.135 e. The zero-order valence-corrected chi connectivity index (χ0v) is 10.2. The number of nitrogens with zero attached hydrogens (tertiary/aromatic N) is 2. The molecule has 0 N–H and O–H groups in total. The summed E-state index contributed by atoms with van der Waals surface area (Å²) in [5, 5.41) is 2.39. The summed E-state index contributed by atoms with van der Waals surface area (Å²) in [5.74, 6) is 0. The van der Waals surface area contributed by atoms with Crippen LogP contribution in [0.1, 0.15) is 0 Å².